The van der Waals surface area contributed by atoms with Gasteiger partial charge >= 0.3 is 5.97 Å². The maximum atomic E-state index is 11.5. The normalized spacial score (nSPS) is 9.86. The second-order valence-electron chi connectivity index (χ2n) is 2.69. The maximum absolute atomic E-state index is 11.5. The Hall–Kier alpha value is -1.65. The van der Waals surface area contributed by atoms with Gasteiger partial charge in [0, 0.05) is 6.42 Å². The molecule has 5 nitrogen and oxygen atoms in total. The topological polar surface area (TPSA) is 69.4 Å². The van der Waals surface area contributed by atoms with Gasteiger partial charge in [-0.2, -0.15) is 0 Å². The van der Waals surface area contributed by atoms with Crippen LogP contribution in [0.15, 0.2) is 10.7 Å². The molecule has 0 bridgehead atoms. The Labute approximate surface area is 81.0 Å². The van der Waals surface area contributed by atoms with Crippen molar-refractivity contribution < 1.29 is 18.8 Å². The third-order valence-corrected chi connectivity index (χ3v) is 1.80. The summed E-state index contributed by atoms with van der Waals surface area (Å²) in [5.41, 5.74) is 0.359. The van der Waals surface area contributed by atoms with Crippen LogP contribution in [-0.4, -0.2) is 24.0 Å². The number of hydrogen-bond donors (Lipinski definition) is 0. The van der Waals surface area contributed by atoms with Crippen LogP contribution >= 0.6 is 0 Å². The van der Waals surface area contributed by atoms with Crippen molar-refractivity contribution in [3.8, 4) is 0 Å². The molecule has 0 saturated carbocycles. The summed E-state index contributed by atoms with van der Waals surface area (Å²) in [6.45, 7) is 1.84. The summed E-state index contributed by atoms with van der Waals surface area (Å²) in [7, 11) is 1.24. The van der Waals surface area contributed by atoms with Crippen LogP contribution < -0.4 is 0 Å². The summed E-state index contributed by atoms with van der Waals surface area (Å²) >= 11 is 0. The standard InChI is InChI=1S/C9H11NO4/c1-3-8-6(5-10-14-8)7(11)4-9(12)13-2/h5H,3-4H2,1-2H3. The van der Waals surface area contributed by atoms with Crippen molar-refractivity contribution in [3.05, 3.63) is 17.5 Å². The summed E-state index contributed by atoms with van der Waals surface area (Å²) in [6, 6.07) is 0. The van der Waals surface area contributed by atoms with E-state index in [-0.39, 0.29) is 12.2 Å². The lowest BCUT2D eigenvalue weighted by atomic mass is 10.1. The van der Waals surface area contributed by atoms with Crippen LogP contribution in [0, 0.1) is 0 Å². The Bertz CT molecular complexity index is 342. The van der Waals surface area contributed by atoms with E-state index in [4.69, 9.17) is 4.52 Å². The number of esters is 1. The minimum Gasteiger partial charge on any atom is -0.469 e. The van der Waals surface area contributed by atoms with Crippen molar-refractivity contribution in [2.24, 2.45) is 0 Å². The molecule has 0 saturated heterocycles. The summed E-state index contributed by atoms with van der Waals surface area (Å²) in [6.07, 6.45) is 1.62. The third-order valence-electron chi connectivity index (χ3n) is 1.80. The van der Waals surface area contributed by atoms with Crippen molar-refractivity contribution in [1.82, 2.24) is 5.16 Å². The molecule has 1 rings (SSSR count). The second-order valence-corrected chi connectivity index (χ2v) is 2.69. The Morgan fingerprint density at radius 1 is 1.57 bits per heavy atom. The molecule has 0 aromatic carbocycles. The van der Waals surface area contributed by atoms with Crippen LogP contribution in [0.25, 0.3) is 0 Å². The van der Waals surface area contributed by atoms with Gasteiger partial charge in [-0.25, -0.2) is 0 Å². The monoisotopic (exact) mass is 197 g/mol. The molecule has 0 amide bonds. The first-order chi connectivity index (χ1) is 6.69. The predicted octanol–water partition coefficient (Wildman–Crippen LogP) is 0.983. The van der Waals surface area contributed by atoms with E-state index in [0.29, 0.717) is 17.7 Å². The minimum absolute atomic E-state index is 0.273. The molecule has 0 aliphatic rings. The highest BCUT2D eigenvalue weighted by Crippen LogP contribution is 2.11. The van der Waals surface area contributed by atoms with E-state index in [1.54, 1.807) is 0 Å². The Morgan fingerprint density at radius 2 is 2.29 bits per heavy atom. The van der Waals surface area contributed by atoms with E-state index in [9.17, 15) is 9.59 Å². The predicted molar refractivity (Wildman–Crippen MR) is 46.8 cm³/mol. The number of nitrogens with zero attached hydrogens (tertiary/aromatic N) is 1. The van der Waals surface area contributed by atoms with Crippen molar-refractivity contribution in [2.45, 2.75) is 19.8 Å². The molecule has 0 atom stereocenters. The lowest BCUT2D eigenvalue weighted by molar-refractivity contribution is -0.139. The number of Topliss-reactive ketones (excluding diaryl/α,β-unsaturated/α-hetero) is 1. The van der Waals surface area contributed by atoms with Crippen molar-refractivity contribution >= 4 is 11.8 Å². The highest BCUT2D eigenvalue weighted by molar-refractivity contribution is 6.06. The molecule has 1 aromatic heterocycles. The molecule has 0 aliphatic carbocycles. The molecular formula is C9H11NO4. The molecule has 5 heteroatoms. The SMILES string of the molecule is CCc1oncc1C(=O)CC(=O)OC. The molecule has 76 valence electrons. The minimum atomic E-state index is -0.557. The van der Waals surface area contributed by atoms with Gasteiger partial charge in [0.05, 0.1) is 18.9 Å². The van der Waals surface area contributed by atoms with E-state index in [0.717, 1.165) is 0 Å². The average molecular weight is 197 g/mol. The lowest BCUT2D eigenvalue weighted by Gasteiger charge is -1.97. The van der Waals surface area contributed by atoms with Gasteiger partial charge in [0.15, 0.2) is 5.78 Å². The third kappa shape index (κ3) is 2.18. The van der Waals surface area contributed by atoms with Crippen LogP contribution in [-0.2, 0) is 16.0 Å². The maximum Gasteiger partial charge on any atom is 0.313 e. The first-order valence-electron chi connectivity index (χ1n) is 4.22. The molecule has 14 heavy (non-hydrogen) atoms. The molecule has 1 heterocycles. The van der Waals surface area contributed by atoms with E-state index in [1.807, 2.05) is 6.92 Å². The molecule has 0 fully saturated rings. The van der Waals surface area contributed by atoms with E-state index in [1.165, 1.54) is 13.3 Å². The van der Waals surface area contributed by atoms with Crippen molar-refractivity contribution in [3.63, 3.8) is 0 Å². The van der Waals surface area contributed by atoms with Gasteiger partial charge in [-0.05, 0) is 0 Å². The number of aromatic nitrogens is 1. The number of ketones is 1. The van der Waals surface area contributed by atoms with E-state index in [2.05, 4.69) is 9.89 Å². The van der Waals surface area contributed by atoms with Gasteiger partial charge in [0.2, 0.25) is 0 Å². The fraction of sp³-hybridized carbons (Fsp3) is 0.444. The number of hydrogen-bond acceptors (Lipinski definition) is 5. The zero-order chi connectivity index (χ0) is 10.6. The largest absolute Gasteiger partial charge is 0.469 e. The molecule has 0 unspecified atom stereocenters. The summed E-state index contributed by atoms with van der Waals surface area (Å²) < 4.78 is 9.21. The number of aryl methyl sites for hydroxylation is 1. The number of ether oxygens (including phenoxy) is 1. The fourth-order valence-electron chi connectivity index (χ4n) is 1.04. The average Bonchev–Trinajstić information content (AvgIpc) is 2.65. The number of methoxy groups -OCH3 is 1. The highest BCUT2D eigenvalue weighted by atomic mass is 16.5. The molecule has 0 N–H and O–H groups in total. The van der Waals surface area contributed by atoms with Gasteiger partial charge in [0.1, 0.15) is 12.2 Å². The zero-order valence-corrected chi connectivity index (χ0v) is 8.07. The van der Waals surface area contributed by atoms with Crippen LogP contribution in [0.4, 0.5) is 0 Å². The molecule has 1 aromatic rings. The first-order valence-corrected chi connectivity index (χ1v) is 4.22. The van der Waals surface area contributed by atoms with Gasteiger partial charge in [-0.3, -0.25) is 9.59 Å². The summed E-state index contributed by atoms with van der Waals surface area (Å²) in [5, 5.41) is 3.50. The van der Waals surface area contributed by atoms with Crippen LogP contribution in [0.5, 0.6) is 0 Å². The van der Waals surface area contributed by atoms with Crippen molar-refractivity contribution in [2.75, 3.05) is 7.11 Å². The Morgan fingerprint density at radius 3 is 2.86 bits per heavy atom. The number of carbonyl (C=O) groups excluding carboxylic acids is 2. The quantitative estimate of drug-likeness (QED) is 0.409. The van der Waals surface area contributed by atoms with Crippen LogP contribution in [0.2, 0.25) is 0 Å². The summed E-state index contributed by atoms with van der Waals surface area (Å²) in [4.78, 5) is 22.3. The van der Waals surface area contributed by atoms with Crippen LogP contribution in [0.1, 0.15) is 29.5 Å². The zero-order valence-electron chi connectivity index (χ0n) is 8.07. The number of rotatable bonds is 4. The Balaban J connectivity index is 2.74. The Kier molecular flexibility index (Phi) is 3.39. The van der Waals surface area contributed by atoms with Crippen molar-refractivity contribution in [1.29, 1.82) is 0 Å². The first kappa shape index (κ1) is 10.4. The molecule has 0 aliphatic heterocycles. The molecule has 0 radical (unpaired) electrons. The fourth-order valence-corrected chi connectivity index (χ4v) is 1.04. The molecular weight excluding hydrogens is 186 g/mol. The smallest absolute Gasteiger partial charge is 0.313 e. The van der Waals surface area contributed by atoms with E-state index < -0.39 is 5.97 Å². The van der Waals surface area contributed by atoms with E-state index >= 15 is 0 Å². The number of carbonyl (C=O) groups is 2. The highest BCUT2D eigenvalue weighted by Gasteiger charge is 2.17. The van der Waals surface area contributed by atoms with Gasteiger partial charge in [-0.1, -0.05) is 12.1 Å². The van der Waals surface area contributed by atoms with Crippen LogP contribution in [0.3, 0.4) is 0 Å². The summed E-state index contributed by atoms with van der Waals surface area (Å²) in [5.74, 6) is -0.382. The molecule has 0 spiro atoms. The lowest BCUT2D eigenvalue weighted by Crippen LogP contribution is -2.10. The second kappa shape index (κ2) is 4.55. The van der Waals surface area contributed by atoms with Gasteiger partial charge in [0.25, 0.3) is 0 Å². The van der Waals surface area contributed by atoms with Gasteiger partial charge in [-0.15, -0.1) is 0 Å². The van der Waals surface area contributed by atoms with Gasteiger partial charge < -0.3 is 9.26 Å².